The number of hydrogen-bond acceptors (Lipinski definition) is 2. The summed E-state index contributed by atoms with van der Waals surface area (Å²) >= 11 is 12.7. The highest BCUT2D eigenvalue weighted by Crippen LogP contribution is 2.32. The molecule has 2 fully saturated rings. The minimum absolute atomic E-state index is 0.517. The zero-order valence-electron chi connectivity index (χ0n) is 8.88. The van der Waals surface area contributed by atoms with Crippen molar-refractivity contribution >= 4 is 28.9 Å². The monoisotopic (exact) mass is 268 g/mol. The molecular formula is C10H18Cl2O2Si. The van der Waals surface area contributed by atoms with Crippen LogP contribution in [0.1, 0.15) is 25.7 Å². The molecule has 2 unspecified atom stereocenters. The van der Waals surface area contributed by atoms with Gasteiger partial charge >= 0.3 is 0 Å². The fourth-order valence-electron chi connectivity index (χ4n) is 1.77. The van der Waals surface area contributed by atoms with Crippen LogP contribution in [0.3, 0.4) is 0 Å². The summed E-state index contributed by atoms with van der Waals surface area (Å²) in [7, 11) is 0. The normalized spacial score (nSPS) is 29.2. The van der Waals surface area contributed by atoms with Crippen molar-refractivity contribution in [2.24, 2.45) is 0 Å². The Hall–Kier alpha value is 0.717. The van der Waals surface area contributed by atoms with Crippen molar-refractivity contribution in [1.82, 2.24) is 0 Å². The molecular weight excluding hydrogens is 251 g/mol. The first-order valence-corrected chi connectivity index (χ1v) is 10.2. The van der Waals surface area contributed by atoms with Gasteiger partial charge in [-0.25, -0.2) is 0 Å². The van der Waals surface area contributed by atoms with E-state index in [0.29, 0.717) is 12.2 Å². The predicted molar refractivity (Wildman–Crippen MR) is 65.0 cm³/mol. The number of epoxide rings is 2. The summed E-state index contributed by atoms with van der Waals surface area (Å²) in [5, 5.41) is 0. The van der Waals surface area contributed by atoms with E-state index in [4.69, 9.17) is 31.6 Å². The van der Waals surface area contributed by atoms with Crippen LogP contribution >= 0.6 is 22.2 Å². The molecule has 0 aromatic rings. The highest BCUT2D eigenvalue weighted by Gasteiger charge is 2.31. The van der Waals surface area contributed by atoms with Gasteiger partial charge in [-0.15, -0.1) is 22.2 Å². The van der Waals surface area contributed by atoms with Crippen LogP contribution in [0.5, 0.6) is 0 Å². The summed E-state index contributed by atoms with van der Waals surface area (Å²) < 4.78 is 10.3. The molecule has 2 atom stereocenters. The highest BCUT2D eigenvalue weighted by molar-refractivity contribution is 7.45. The number of hydrogen-bond donors (Lipinski definition) is 0. The predicted octanol–water partition coefficient (Wildman–Crippen LogP) is 3.26. The molecule has 0 bridgehead atoms. The summed E-state index contributed by atoms with van der Waals surface area (Å²) in [5.41, 5.74) is 0. The van der Waals surface area contributed by atoms with Crippen LogP contribution in [0.4, 0.5) is 0 Å². The lowest BCUT2D eigenvalue weighted by atomic mass is 10.3. The van der Waals surface area contributed by atoms with Crippen LogP contribution in [0, 0.1) is 0 Å². The zero-order valence-corrected chi connectivity index (χ0v) is 11.4. The fraction of sp³-hybridized carbons (Fsp3) is 1.00. The second-order valence-corrected chi connectivity index (χ2v) is 12.2. The van der Waals surface area contributed by atoms with Crippen molar-refractivity contribution < 1.29 is 9.47 Å². The van der Waals surface area contributed by atoms with Gasteiger partial charge in [-0.05, 0) is 24.9 Å². The molecule has 5 heteroatoms. The molecule has 0 spiro atoms. The molecule has 2 rings (SSSR count). The van der Waals surface area contributed by atoms with Crippen molar-refractivity contribution in [1.29, 1.82) is 0 Å². The van der Waals surface area contributed by atoms with Crippen LogP contribution < -0.4 is 0 Å². The summed E-state index contributed by atoms with van der Waals surface area (Å²) in [6, 6.07) is 2.03. The van der Waals surface area contributed by atoms with Crippen molar-refractivity contribution in [3.8, 4) is 0 Å². The van der Waals surface area contributed by atoms with Crippen LogP contribution in [-0.4, -0.2) is 32.1 Å². The number of halogens is 2. The lowest BCUT2D eigenvalue weighted by Crippen LogP contribution is -2.18. The van der Waals surface area contributed by atoms with E-state index in [1.807, 2.05) is 0 Å². The van der Waals surface area contributed by atoms with Crippen LogP contribution in [0.25, 0.3) is 0 Å². The lowest BCUT2D eigenvalue weighted by Gasteiger charge is -2.15. The van der Waals surface area contributed by atoms with Gasteiger partial charge in [-0.1, -0.05) is 12.8 Å². The molecule has 2 saturated heterocycles. The van der Waals surface area contributed by atoms with Gasteiger partial charge in [0.2, 0.25) is 0 Å². The maximum absolute atomic E-state index is 6.37. The fourth-order valence-corrected chi connectivity index (χ4v) is 5.07. The quantitative estimate of drug-likeness (QED) is 0.384. The van der Waals surface area contributed by atoms with Crippen molar-refractivity contribution in [2.75, 3.05) is 13.2 Å². The summed E-state index contributed by atoms with van der Waals surface area (Å²) in [6.07, 6.45) is 5.57. The van der Waals surface area contributed by atoms with Crippen molar-refractivity contribution in [2.45, 2.75) is 50.0 Å². The van der Waals surface area contributed by atoms with Gasteiger partial charge in [0.25, 0.3) is 6.69 Å². The maximum atomic E-state index is 6.37. The second-order valence-electron chi connectivity index (χ2n) is 4.55. The molecule has 0 radical (unpaired) electrons. The third-order valence-electron chi connectivity index (χ3n) is 2.94. The van der Waals surface area contributed by atoms with Gasteiger partial charge in [-0.2, -0.15) is 0 Å². The van der Waals surface area contributed by atoms with Crippen LogP contribution in [0.2, 0.25) is 12.1 Å². The summed E-state index contributed by atoms with van der Waals surface area (Å²) in [5.74, 6) is 0. The third kappa shape index (κ3) is 5.55. The largest absolute Gasteiger partial charge is 0.373 e. The highest BCUT2D eigenvalue weighted by atomic mass is 35.7. The Morgan fingerprint density at radius 2 is 1.33 bits per heavy atom. The number of ether oxygens (including phenoxy) is 2. The standard InChI is InChI=1S/C10H18Cl2O2Si/c11-15(12,5-1-3-9-7-13-9)6-2-4-10-8-14-10/h9-10H,1-8H2. The van der Waals surface area contributed by atoms with Gasteiger partial charge in [0.05, 0.1) is 25.4 Å². The Kier molecular flexibility index (Phi) is 4.36. The molecule has 0 aliphatic carbocycles. The van der Waals surface area contributed by atoms with Gasteiger partial charge in [-0.3, -0.25) is 0 Å². The van der Waals surface area contributed by atoms with E-state index in [1.165, 1.54) is 0 Å². The molecule has 2 heterocycles. The van der Waals surface area contributed by atoms with E-state index in [9.17, 15) is 0 Å². The van der Waals surface area contributed by atoms with Crippen LogP contribution in [-0.2, 0) is 9.47 Å². The molecule has 0 aromatic heterocycles. The van der Waals surface area contributed by atoms with Gasteiger partial charge in [0.1, 0.15) is 0 Å². The smallest absolute Gasteiger partial charge is 0.251 e. The summed E-state index contributed by atoms with van der Waals surface area (Å²) in [4.78, 5) is 0. The first-order valence-electron chi connectivity index (χ1n) is 5.77. The van der Waals surface area contributed by atoms with E-state index in [1.54, 1.807) is 0 Å². The van der Waals surface area contributed by atoms with Crippen LogP contribution in [0.15, 0.2) is 0 Å². The van der Waals surface area contributed by atoms with E-state index >= 15 is 0 Å². The lowest BCUT2D eigenvalue weighted by molar-refractivity contribution is 0.394. The van der Waals surface area contributed by atoms with Gasteiger partial charge in [0, 0.05) is 0 Å². The first kappa shape index (κ1) is 12.2. The zero-order chi connectivity index (χ0) is 10.7. The number of rotatable bonds is 8. The second kappa shape index (κ2) is 5.37. The van der Waals surface area contributed by atoms with Crippen molar-refractivity contribution in [3.05, 3.63) is 0 Å². The van der Waals surface area contributed by atoms with Gasteiger partial charge in [0.15, 0.2) is 0 Å². The van der Waals surface area contributed by atoms with Gasteiger partial charge < -0.3 is 9.47 Å². The molecule has 2 aliphatic heterocycles. The molecule has 15 heavy (non-hydrogen) atoms. The minimum Gasteiger partial charge on any atom is -0.373 e. The molecule has 0 aromatic carbocycles. The Bertz CT molecular complexity index is 186. The maximum Gasteiger partial charge on any atom is 0.251 e. The van der Waals surface area contributed by atoms with Crippen molar-refractivity contribution in [3.63, 3.8) is 0 Å². The van der Waals surface area contributed by atoms with E-state index in [0.717, 1.165) is 51.0 Å². The average Bonchev–Trinajstić information content (AvgIpc) is 2.97. The Balaban J connectivity index is 1.50. The minimum atomic E-state index is -1.95. The first-order chi connectivity index (χ1) is 7.16. The Morgan fingerprint density at radius 3 is 1.67 bits per heavy atom. The Morgan fingerprint density at radius 1 is 0.933 bits per heavy atom. The molecule has 0 N–H and O–H groups in total. The molecule has 2 nitrogen and oxygen atoms in total. The van der Waals surface area contributed by atoms with E-state index in [2.05, 4.69) is 0 Å². The average molecular weight is 269 g/mol. The molecule has 0 amide bonds. The van der Waals surface area contributed by atoms with E-state index in [-0.39, 0.29) is 0 Å². The molecule has 0 saturated carbocycles. The Labute approximate surface area is 102 Å². The summed E-state index contributed by atoms with van der Waals surface area (Å²) in [6.45, 7) is -0.0629. The topological polar surface area (TPSA) is 25.1 Å². The molecule has 2 aliphatic rings. The SMILES string of the molecule is Cl[Si](Cl)(CCCC1CO1)CCCC1CO1. The van der Waals surface area contributed by atoms with E-state index < -0.39 is 6.69 Å². The molecule has 88 valence electrons. The third-order valence-corrected chi connectivity index (χ3v) is 7.38.